The lowest BCUT2D eigenvalue weighted by molar-refractivity contribution is 0.000150. The fourth-order valence-electron chi connectivity index (χ4n) is 1.86. The first-order valence-electron chi connectivity index (χ1n) is 5.87. The molecule has 0 spiro atoms. The maximum Gasteiger partial charge on any atom is 0.248 e. The van der Waals surface area contributed by atoms with Gasteiger partial charge in [0.2, 0.25) is 5.91 Å². The van der Waals surface area contributed by atoms with Crippen molar-refractivity contribution in [3.63, 3.8) is 0 Å². The fraction of sp³-hybridized carbons (Fsp3) is 0.462. The van der Waals surface area contributed by atoms with Crippen LogP contribution in [-0.2, 0) is 0 Å². The molecule has 2 N–H and O–H groups in total. The highest BCUT2D eigenvalue weighted by Crippen LogP contribution is 2.20. The Bertz CT molecular complexity index is 394. The summed E-state index contributed by atoms with van der Waals surface area (Å²) in [5, 5.41) is 0. The molecule has 0 bridgehead atoms. The molecular formula is C13H18N2O2. The highest BCUT2D eigenvalue weighted by molar-refractivity contribution is 5.92. The summed E-state index contributed by atoms with van der Waals surface area (Å²) < 4.78 is 5.77. The zero-order chi connectivity index (χ0) is 12.4. The van der Waals surface area contributed by atoms with Gasteiger partial charge in [0.1, 0.15) is 11.9 Å². The Kier molecular flexibility index (Phi) is 3.33. The first-order chi connectivity index (χ1) is 8.06. The second-order valence-corrected chi connectivity index (χ2v) is 4.68. The van der Waals surface area contributed by atoms with Gasteiger partial charge in [-0.3, -0.25) is 9.69 Å². The summed E-state index contributed by atoms with van der Waals surface area (Å²) in [4.78, 5) is 13.2. The van der Waals surface area contributed by atoms with Gasteiger partial charge in [-0.05, 0) is 38.1 Å². The predicted molar refractivity (Wildman–Crippen MR) is 66.1 cm³/mol. The Morgan fingerprint density at radius 1 is 1.35 bits per heavy atom. The van der Waals surface area contributed by atoms with Crippen LogP contribution in [0, 0.1) is 0 Å². The lowest BCUT2D eigenvalue weighted by Gasteiger charge is -2.41. The third-order valence-electron chi connectivity index (χ3n) is 3.05. The van der Waals surface area contributed by atoms with Gasteiger partial charge in [0.05, 0.1) is 0 Å². The van der Waals surface area contributed by atoms with Crippen LogP contribution < -0.4 is 10.5 Å². The first-order valence-corrected chi connectivity index (χ1v) is 5.87. The third kappa shape index (κ3) is 2.77. The van der Waals surface area contributed by atoms with Crippen molar-refractivity contribution >= 4 is 5.91 Å². The van der Waals surface area contributed by atoms with Crippen LogP contribution in [0.1, 0.15) is 24.2 Å². The average Bonchev–Trinajstić information content (AvgIpc) is 2.23. The van der Waals surface area contributed by atoms with E-state index in [0.29, 0.717) is 11.6 Å². The van der Waals surface area contributed by atoms with Gasteiger partial charge in [0.25, 0.3) is 0 Å². The summed E-state index contributed by atoms with van der Waals surface area (Å²) in [5.41, 5.74) is 5.68. The summed E-state index contributed by atoms with van der Waals surface area (Å²) >= 11 is 0. The molecule has 1 aliphatic heterocycles. The SMILES string of the molecule is CC(C)N1CC(Oc2ccc(C(N)=O)cc2)C1. The zero-order valence-corrected chi connectivity index (χ0v) is 10.2. The highest BCUT2D eigenvalue weighted by atomic mass is 16.5. The van der Waals surface area contributed by atoms with Crippen LogP contribution in [0.25, 0.3) is 0 Å². The molecule has 1 fully saturated rings. The summed E-state index contributed by atoms with van der Waals surface area (Å²) in [5.74, 6) is 0.384. The molecule has 4 nitrogen and oxygen atoms in total. The number of amides is 1. The number of carbonyl (C=O) groups is 1. The second kappa shape index (κ2) is 4.75. The molecule has 0 saturated carbocycles. The number of hydrogen-bond donors (Lipinski definition) is 1. The topological polar surface area (TPSA) is 55.6 Å². The number of likely N-dealkylation sites (tertiary alicyclic amines) is 1. The molecular weight excluding hydrogens is 216 g/mol. The van der Waals surface area contributed by atoms with Crippen LogP contribution in [0.15, 0.2) is 24.3 Å². The molecule has 0 aliphatic carbocycles. The molecule has 1 heterocycles. The van der Waals surface area contributed by atoms with E-state index in [1.54, 1.807) is 24.3 Å². The Morgan fingerprint density at radius 2 is 1.94 bits per heavy atom. The molecule has 0 atom stereocenters. The van der Waals surface area contributed by atoms with E-state index < -0.39 is 5.91 Å². The fourth-order valence-corrected chi connectivity index (χ4v) is 1.86. The number of hydrogen-bond acceptors (Lipinski definition) is 3. The van der Waals surface area contributed by atoms with Crippen LogP contribution >= 0.6 is 0 Å². The molecule has 0 unspecified atom stereocenters. The van der Waals surface area contributed by atoms with Crippen LogP contribution in [0.3, 0.4) is 0 Å². The monoisotopic (exact) mass is 234 g/mol. The molecule has 1 saturated heterocycles. The molecule has 1 aromatic rings. The summed E-state index contributed by atoms with van der Waals surface area (Å²) in [6.45, 7) is 6.29. The molecule has 1 aliphatic rings. The third-order valence-corrected chi connectivity index (χ3v) is 3.05. The van der Waals surface area contributed by atoms with Crippen molar-refractivity contribution in [2.75, 3.05) is 13.1 Å². The number of nitrogens with zero attached hydrogens (tertiary/aromatic N) is 1. The normalized spacial score (nSPS) is 16.9. The number of benzene rings is 1. The van der Waals surface area contributed by atoms with E-state index in [4.69, 9.17) is 10.5 Å². The van der Waals surface area contributed by atoms with Crippen molar-refractivity contribution in [1.29, 1.82) is 0 Å². The zero-order valence-electron chi connectivity index (χ0n) is 10.2. The average molecular weight is 234 g/mol. The standard InChI is InChI=1S/C13H18N2O2/c1-9(2)15-7-12(8-15)17-11-5-3-10(4-6-11)13(14)16/h3-6,9,12H,7-8H2,1-2H3,(H2,14,16). The molecule has 0 aromatic heterocycles. The number of rotatable bonds is 4. The van der Waals surface area contributed by atoms with E-state index in [0.717, 1.165) is 18.8 Å². The number of primary amides is 1. The van der Waals surface area contributed by atoms with E-state index in [2.05, 4.69) is 18.7 Å². The Morgan fingerprint density at radius 3 is 2.41 bits per heavy atom. The van der Waals surface area contributed by atoms with Crippen molar-refractivity contribution in [2.24, 2.45) is 5.73 Å². The second-order valence-electron chi connectivity index (χ2n) is 4.68. The van der Waals surface area contributed by atoms with Crippen molar-refractivity contribution in [3.05, 3.63) is 29.8 Å². The number of nitrogens with two attached hydrogens (primary N) is 1. The van der Waals surface area contributed by atoms with Crippen LogP contribution in [-0.4, -0.2) is 36.0 Å². The van der Waals surface area contributed by atoms with Crippen molar-refractivity contribution < 1.29 is 9.53 Å². The van der Waals surface area contributed by atoms with Gasteiger partial charge in [-0.2, -0.15) is 0 Å². The molecule has 92 valence electrons. The molecule has 1 aromatic carbocycles. The molecule has 0 radical (unpaired) electrons. The Hall–Kier alpha value is -1.55. The van der Waals surface area contributed by atoms with Gasteiger partial charge >= 0.3 is 0 Å². The minimum absolute atomic E-state index is 0.261. The summed E-state index contributed by atoms with van der Waals surface area (Å²) in [6.07, 6.45) is 0.261. The number of ether oxygens (including phenoxy) is 1. The van der Waals surface area contributed by atoms with Gasteiger partial charge in [-0.1, -0.05) is 0 Å². The van der Waals surface area contributed by atoms with Gasteiger partial charge in [0, 0.05) is 24.7 Å². The van der Waals surface area contributed by atoms with Crippen molar-refractivity contribution in [2.45, 2.75) is 26.0 Å². The molecule has 4 heteroatoms. The van der Waals surface area contributed by atoms with Gasteiger partial charge in [0.15, 0.2) is 0 Å². The van der Waals surface area contributed by atoms with Crippen molar-refractivity contribution in [3.8, 4) is 5.75 Å². The quantitative estimate of drug-likeness (QED) is 0.853. The molecule has 2 rings (SSSR count). The van der Waals surface area contributed by atoms with Gasteiger partial charge in [-0.15, -0.1) is 0 Å². The van der Waals surface area contributed by atoms with E-state index in [1.807, 2.05) is 0 Å². The van der Waals surface area contributed by atoms with Crippen LogP contribution in [0.4, 0.5) is 0 Å². The van der Waals surface area contributed by atoms with Crippen molar-refractivity contribution in [1.82, 2.24) is 4.90 Å². The van der Waals surface area contributed by atoms with E-state index in [-0.39, 0.29) is 6.10 Å². The maximum atomic E-state index is 10.9. The minimum Gasteiger partial charge on any atom is -0.488 e. The largest absolute Gasteiger partial charge is 0.488 e. The minimum atomic E-state index is -0.411. The van der Waals surface area contributed by atoms with Crippen LogP contribution in [0.2, 0.25) is 0 Å². The summed E-state index contributed by atoms with van der Waals surface area (Å²) in [6, 6.07) is 7.54. The van der Waals surface area contributed by atoms with Gasteiger partial charge < -0.3 is 10.5 Å². The lowest BCUT2D eigenvalue weighted by Crippen LogP contribution is -2.56. The molecule has 17 heavy (non-hydrogen) atoms. The highest BCUT2D eigenvalue weighted by Gasteiger charge is 2.29. The summed E-state index contributed by atoms with van der Waals surface area (Å²) in [7, 11) is 0. The molecule has 1 amide bonds. The maximum absolute atomic E-state index is 10.9. The number of carbonyl (C=O) groups excluding carboxylic acids is 1. The van der Waals surface area contributed by atoms with E-state index in [9.17, 15) is 4.79 Å². The first kappa shape index (κ1) is 11.9. The Labute approximate surface area is 101 Å². The lowest BCUT2D eigenvalue weighted by atomic mass is 10.1. The van der Waals surface area contributed by atoms with E-state index >= 15 is 0 Å². The Balaban J connectivity index is 1.86. The van der Waals surface area contributed by atoms with Gasteiger partial charge in [-0.25, -0.2) is 0 Å². The predicted octanol–water partition coefficient (Wildman–Crippen LogP) is 1.26. The van der Waals surface area contributed by atoms with Crippen LogP contribution in [0.5, 0.6) is 5.75 Å². The van der Waals surface area contributed by atoms with E-state index in [1.165, 1.54) is 0 Å². The smallest absolute Gasteiger partial charge is 0.248 e.